The highest BCUT2D eigenvalue weighted by Crippen LogP contribution is 2.40. The molecule has 60 heavy (non-hydrogen) atoms. The van der Waals surface area contributed by atoms with E-state index in [1.165, 1.54) is 71.9 Å². The molecule has 2 nitrogen and oxygen atoms in total. The van der Waals surface area contributed by atoms with Gasteiger partial charge in [-0.2, -0.15) is 0 Å². The van der Waals surface area contributed by atoms with Crippen LogP contribution in [-0.2, 0) is 0 Å². The van der Waals surface area contributed by atoms with Crippen molar-refractivity contribution in [3.63, 3.8) is 0 Å². The first-order valence-corrected chi connectivity index (χ1v) is 24.3. The Morgan fingerprint density at radius 3 is 0.900 bits per heavy atom. The molecule has 9 aromatic carbocycles. The average Bonchev–Trinajstić information content (AvgIpc) is 3.30. The van der Waals surface area contributed by atoms with Gasteiger partial charge in [-0.3, -0.25) is 0 Å². The molecule has 9 rings (SSSR count). The van der Waals surface area contributed by atoms with Crippen LogP contribution in [0.2, 0.25) is 19.6 Å². The maximum atomic E-state index is 3.86. The summed E-state index contributed by atoms with van der Waals surface area (Å²) in [5.74, 6) is 0. The molecular weight excluding hydrogens is 741 g/mol. The van der Waals surface area contributed by atoms with Gasteiger partial charge in [0, 0.05) is 33.9 Å². The van der Waals surface area contributed by atoms with E-state index in [0.717, 1.165) is 22.7 Å². The minimum atomic E-state index is -2.06. The highest BCUT2D eigenvalue weighted by Gasteiger charge is 2.28. The van der Waals surface area contributed by atoms with Crippen LogP contribution in [0, 0.1) is 0 Å². The quantitative estimate of drug-likeness (QED) is 0.128. The van der Waals surface area contributed by atoms with Crippen LogP contribution < -0.4 is 15.8 Å². The Kier molecular flexibility index (Phi) is 10.8. The Morgan fingerprint density at radius 2 is 0.567 bits per heavy atom. The highest BCUT2D eigenvalue weighted by atomic mass is 28.3. The van der Waals surface area contributed by atoms with Crippen LogP contribution in [0.4, 0.5) is 22.7 Å². The molecule has 0 atom stereocenters. The lowest BCUT2D eigenvalue weighted by Crippen LogP contribution is -2.40. The Bertz CT molecular complexity index is 2660. The second kappa shape index (κ2) is 17.0. The summed E-state index contributed by atoms with van der Waals surface area (Å²) in [5.41, 5.74) is 18.7. The summed E-state index contributed by atoms with van der Waals surface area (Å²) < 4.78 is 0. The van der Waals surface area contributed by atoms with Crippen LogP contribution in [0.15, 0.2) is 224 Å². The van der Waals surface area contributed by atoms with E-state index in [-0.39, 0.29) is 0 Å². The van der Waals surface area contributed by atoms with E-state index in [2.05, 4.69) is 255 Å². The van der Waals surface area contributed by atoms with Gasteiger partial charge in [0.25, 0.3) is 0 Å². The van der Waals surface area contributed by atoms with Gasteiger partial charge < -0.3 is 10.6 Å². The van der Waals surface area contributed by atoms with Crippen LogP contribution in [0.25, 0.3) is 66.8 Å². The van der Waals surface area contributed by atoms with Crippen LogP contribution in [-0.4, -0.2) is 8.07 Å². The largest absolute Gasteiger partial charge is 0.355 e. The Hall–Kier alpha value is -7.20. The molecule has 0 heterocycles. The van der Waals surface area contributed by atoms with E-state index in [4.69, 9.17) is 0 Å². The Balaban J connectivity index is 1.19. The minimum Gasteiger partial charge on any atom is -0.355 e. The molecule has 3 heteroatoms. The van der Waals surface area contributed by atoms with Crippen molar-refractivity contribution < 1.29 is 0 Å². The number of anilines is 4. The molecule has 0 aliphatic heterocycles. The molecule has 0 saturated heterocycles. The lowest BCUT2D eigenvalue weighted by Gasteiger charge is -2.28. The van der Waals surface area contributed by atoms with Gasteiger partial charge in [0.1, 0.15) is 0 Å². The number of hydrogen-bond acceptors (Lipinski definition) is 2. The molecule has 0 unspecified atom stereocenters. The van der Waals surface area contributed by atoms with Gasteiger partial charge in [-0.15, -0.1) is 0 Å². The zero-order chi connectivity index (χ0) is 40.9. The van der Waals surface area contributed by atoms with Gasteiger partial charge in [0.15, 0.2) is 0 Å². The lowest BCUT2D eigenvalue weighted by atomic mass is 9.92. The molecular formula is C57H48N2Si. The van der Waals surface area contributed by atoms with Crippen molar-refractivity contribution in [2.75, 3.05) is 10.6 Å². The van der Waals surface area contributed by atoms with Gasteiger partial charge in [0.05, 0.1) is 8.07 Å². The molecule has 290 valence electrons. The van der Waals surface area contributed by atoms with Crippen LogP contribution >= 0.6 is 0 Å². The number of hydrogen-bond donors (Lipinski definition) is 2. The third-order valence-corrected chi connectivity index (χ3v) is 13.2. The molecule has 0 saturated carbocycles. The first-order chi connectivity index (χ1) is 29.4. The molecule has 0 amide bonds. The Labute approximate surface area is 355 Å². The molecule has 0 bridgehead atoms. The predicted molar refractivity (Wildman–Crippen MR) is 261 cm³/mol. The fraction of sp³-hybridized carbons (Fsp3) is 0.0526. The van der Waals surface area contributed by atoms with Crippen molar-refractivity contribution in [2.45, 2.75) is 19.6 Å². The summed E-state index contributed by atoms with van der Waals surface area (Å²) in [6, 6.07) is 80.8. The first kappa shape index (κ1) is 38.3. The summed E-state index contributed by atoms with van der Waals surface area (Å²) in [7, 11) is -2.06. The molecule has 0 aliphatic carbocycles. The maximum absolute atomic E-state index is 3.86. The molecule has 0 aliphatic rings. The second-order valence-corrected chi connectivity index (χ2v) is 21.4. The Morgan fingerprint density at radius 1 is 0.267 bits per heavy atom. The lowest BCUT2D eigenvalue weighted by molar-refractivity contribution is 1.51. The normalized spacial score (nSPS) is 11.2. The summed E-state index contributed by atoms with van der Waals surface area (Å²) in [4.78, 5) is 0. The second-order valence-electron chi connectivity index (χ2n) is 16.4. The monoisotopic (exact) mass is 788 g/mol. The van der Waals surface area contributed by atoms with Crippen LogP contribution in [0.3, 0.4) is 0 Å². The summed E-state index contributed by atoms with van der Waals surface area (Å²) in [6.45, 7) is 7.42. The summed E-state index contributed by atoms with van der Waals surface area (Å²) in [5, 5.41) is 9.14. The summed E-state index contributed by atoms with van der Waals surface area (Å²) in [6.07, 6.45) is 0. The zero-order valence-electron chi connectivity index (χ0n) is 34.4. The van der Waals surface area contributed by atoms with E-state index in [1.807, 2.05) is 0 Å². The molecule has 0 radical (unpaired) electrons. The van der Waals surface area contributed by atoms with Gasteiger partial charge in [-0.25, -0.2) is 0 Å². The van der Waals surface area contributed by atoms with Crippen molar-refractivity contribution in [1.29, 1.82) is 0 Å². The van der Waals surface area contributed by atoms with Crippen LogP contribution in [0.5, 0.6) is 0 Å². The highest BCUT2D eigenvalue weighted by molar-refractivity contribution is 6.90. The third-order valence-electron chi connectivity index (χ3n) is 11.2. The SMILES string of the molecule is C[Si](C)(C)c1c(-c2cc(-c3ccccc3)ccc2Nc2ccc(-c3ccccc3)cc2)cccc1-c1cc(-c2ccccc2)ccc1Nc1ccc(-c2ccccc2)cc1. The van der Waals surface area contributed by atoms with Crippen molar-refractivity contribution in [3.05, 3.63) is 224 Å². The zero-order valence-corrected chi connectivity index (χ0v) is 35.4. The van der Waals surface area contributed by atoms with Gasteiger partial charge in [-0.1, -0.05) is 196 Å². The van der Waals surface area contributed by atoms with Crippen molar-refractivity contribution in [2.24, 2.45) is 0 Å². The topological polar surface area (TPSA) is 24.1 Å². The van der Waals surface area contributed by atoms with Gasteiger partial charge in [0.2, 0.25) is 0 Å². The van der Waals surface area contributed by atoms with E-state index in [9.17, 15) is 0 Å². The predicted octanol–water partition coefficient (Wildman–Crippen LogP) is 15.7. The van der Waals surface area contributed by atoms with E-state index in [1.54, 1.807) is 0 Å². The average molecular weight is 789 g/mol. The van der Waals surface area contributed by atoms with Gasteiger partial charge >= 0.3 is 0 Å². The molecule has 0 fully saturated rings. The number of benzene rings is 9. The van der Waals surface area contributed by atoms with Crippen LogP contribution in [0.1, 0.15) is 0 Å². The standard InChI is InChI=1S/C57H48N2Si/c1-60(2,3)57-51(53-39-47(43-21-12-6-13-22-43)31-37-55(53)58-49-33-27-45(28-34-49)41-17-8-4-9-18-41)25-16-26-52(57)54-40-48(44-23-14-7-15-24-44)32-38-56(54)59-50-35-29-46(30-36-50)42-19-10-5-11-20-42/h4-40,58-59H,1-3H3. The third kappa shape index (κ3) is 8.35. The minimum absolute atomic E-state index is 1.05. The summed E-state index contributed by atoms with van der Waals surface area (Å²) >= 11 is 0. The van der Waals surface area contributed by atoms with E-state index < -0.39 is 8.07 Å². The smallest absolute Gasteiger partial charge is 0.0792 e. The number of nitrogens with one attached hydrogen (secondary N) is 2. The van der Waals surface area contributed by atoms with Crippen molar-refractivity contribution in [3.8, 4) is 66.8 Å². The first-order valence-electron chi connectivity index (χ1n) is 20.8. The van der Waals surface area contributed by atoms with Crippen molar-refractivity contribution >= 4 is 36.0 Å². The fourth-order valence-electron chi connectivity index (χ4n) is 8.25. The van der Waals surface area contributed by atoms with Gasteiger partial charge in [-0.05, 0) is 109 Å². The number of rotatable bonds is 11. The molecule has 9 aromatic rings. The fourth-order valence-corrected chi connectivity index (χ4v) is 10.3. The molecule has 2 N–H and O–H groups in total. The van der Waals surface area contributed by atoms with E-state index in [0.29, 0.717) is 0 Å². The maximum Gasteiger partial charge on any atom is 0.0792 e. The van der Waals surface area contributed by atoms with Crippen molar-refractivity contribution in [1.82, 2.24) is 0 Å². The van der Waals surface area contributed by atoms with E-state index >= 15 is 0 Å². The molecule has 0 aromatic heterocycles. The molecule has 0 spiro atoms.